The summed E-state index contributed by atoms with van der Waals surface area (Å²) in [5, 5.41) is 0. The third-order valence-corrected chi connectivity index (χ3v) is 0. The Morgan fingerprint density at radius 2 is 1.00 bits per heavy atom. The summed E-state index contributed by atoms with van der Waals surface area (Å²) in [6, 6.07) is 0. The van der Waals surface area contributed by atoms with Gasteiger partial charge in [0.2, 0.25) is 0 Å². The molecule has 0 heterocycles. The van der Waals surface area contributed by atoms with Crippen LogP contribution in [0.15, 0.2) is 0 Å². The van der Waals surface area contributed by atoms with E-state index in [0.29, 0.717) is 0 Å². The molecular weight excluding hydrogens is 111 g/mol. The molecule has 4 heteroatoms. The van der Waals surface area contributed by atoms with Crippen LogP contribution in [0.1, 0.15) is 0 Å². The van der Waals surface area contributed by atoms with Gasteiger partial charge in [-0.25, -0.2) is 0 Å². The van der Waals surface area contributed by atoms with E-state index in [0.717, 1.165) is 0 Å². The van der Waals surface area contributed by atoms with Gasteiger partial charge in [0.05, 0.1) is 0 Å². The van der Waals surface area contributed by atoms with Crippen molar-refractivity contribution in [1.82, 2.24) is 0 Å². The second-order valence-corrected chi connectivity index (χ2v) is 0. The van der Waals surface area contributed by atoms with E-state index >= 15 is 0 Å². The van der Waals surface area contributed by atoms with Crippen LogP contribution >= 0.6 is 0 Å². The minimum atomic E-state index is 0. The molecule has 0 aliphatic carbocycles. The van der Waals surface area contributed by atoms with Gasteiger partial charge in [-0.15, -0.1) is 0 Å². The second kappa shape index (κ2) is 19.1. The summed E-state index contributed by atoms with van der Waals surface area (Å²) < 4.78 is 0. The summed E-state index contributed by atoms with van der Waals surface area (Å²) in [6.07, 6.45) is 0. The van der Waals surface area contributed by atoms with Crippen molar-refractivity contribution >= 4 is 71.8 Å². The molecule has 0 aliphatic heterocycles. The summed E-state index contributed by atoms with van der Waals surface area (Å²) >= 11 is 0. The van der Waals surface area contributed by atoms with Gasteiger partial charge in [-0.3, -0.25) is 4.70 Å². The van der Waals surface area contributed by atoms with Crippen molar-refractivity contribution in [3.05, 3.63) is 0 Å². The van der Waals surface area contributed by atoms with Crippen molar-refractivity contribution in [3.63, 3.8) is 0 Å². The van der Waals surface area contributed by atoms with Gasteiger partial charge in [0.1, 0.15) is 0 Å². The molecule has 0 unspecified atom stereocenters. The normalized spacial score (nSPS) is 0. The molecule has 0 rings (SSSR count). The van der Waals surface area contributed by atoms with Crippen molar-refractivity contribution in [2.75, 3.05) is 0 Å². The maximum absolute atomic E-state index is 0. The quantitative estimate of drug-likeness (QED) is 0.297. The Kier molecular flexibility index (Phi) is 167. The summed E-state index contributed by atoms with van der Waals surface area (Å²) in [5.41, 5.74) is 0. The molecule has 0 N–H and O–H groups in total. The number of rotatable bonds is 0. The monoisotopic (exact) mass is 120 g/mol. The largest absolute Gasteiger partial charge is 0.316 e. The molecule has 0 fully saturated rings. The molecule has 0 amide bonds. The maximum Gasteiger partial charge on any atom is 0.316 e. The van der Waals surface area contributed by atoms with Crippen LogP contribution in [0.5, 0.6) is 0 Å². The topological polar surface area (TPSA) is 0 Å². The molecule has 0 nitrogen and oxygen atoms in total. The van der Waals surface area contributed by atoms with E-state index in [-0.39, 0.29) is 76.5 Å². The molecule has 0 saturated heterocycles. The van der Waals surface area contributed by atoms with Crippen molar-refractivity contribution in [3.8, 4) is 0 Å². The van der Waals surface area contributed by atoms with Crippen LogP contribution in [0.2, 0.25) is 0 Å². The average molecular weight is 121 g/mol. The summed E-state index contributed by atoms with van der Waals surface area (Å²) in [6.45, 7) is 0. The molecule has 0 radical (unpaired) electrons. The predicted octanol–water partition coefficient (Wildman–Crippen LogP) is -3.13. The molecule has 0 aromatic carbocycles. The third kappa shape index (κ3) is 8.90. The van der Waals surface area contributed by atoms with Gasteiger partial charge in [-0.1, -0.05) is 0 Å². The van der Waals surface area contributed by atoms with Crippen LogP contribution in [-0.2, 0) is 0 Å². The molecule has 0 spiro atoms. The molecule has 0 aromatic rings. The first kappa shape index (κ1) is 35.0. The Bertz CT molecular complexity index is 8.00. The summed E-state index contributed by atoms with van der Waals surface area (Å²) in [7, 11) is 0. The van der Waals surface area contributed by atoms with Gasteiger partial charge in [0.15, 0.2) is 0 Å². The van der Waals surface area contributed by atoms with Gasteiger partial charge in [0.25, 0.3) is 0 Å². The molecule has 0 atom stereocenters. The Labute approximate surface area is 75.3 Å². The van der Waals surface area contributed by atoms with Gasteiger partial charge < -0.3 is 0 Å². The molecule has 24 valence electrons. The Morgan fingerprint density at radius 3 is 1.00 bits per heavy atom. The number of hydrogen-bond acceptors (Lipinski definition) is 0. The first-order valence-electron chi connectivity index (χ1n) is 0. The number of hydrogen-bond donors (Lipinski definition) is 0. The minimum absolute atomic E-state index is 0. The van der Waals surface area contributed by atoms with Crippen LogP contribution in [0, 0.1) is 0 Å². The van der Waals surface area contributed by atoms with Crippen LogP contribution < -0.4 is 0 Å². The predicted molar refractivity (Wildman–Crippen MR) is 30.9 cm³/mol. The Hall–Kier alpha value is 2.17. The van der Waals surface area contributed by atoms with Crippen LogP contribution in [0.4, 0.5) is 4.70 Å². The maximum atomic E-state index is 0. The van der Waals surface area contributed by atoms with E-state index in [9.17, 15) is 0 Å². The first-order valence-corrected chi connectivity index (χ1v) is 0. The zero-order valence-electron chi connectivity index (χ0n) is 0.408. The zero-order chi connectivity index (χ0) is 0. The van der Waals surface area contributed by atoms with E-state index in [1.54, 1.807) is 0 Å². The molecule has 0 aliphatic rings. The smallest absolute Gasteiger partial charge is 0.0149 e. The number of halogens is 1. The standard InChI is InChI=1S/Ca.FH.Mg.H4Si.4H/h;1H;;1H4;;;;. The Morgan fingerprint density at radius 1 is 1.00 bits per heavy atom. The second-order valence-electron chi connectivity index (χ2n) is 0. The summed E-state index contributed by atoms with van der Waals surface area (Å²) in [5.74, 6) is 0. The van der Waals surface area contributed by atoms with E-state index in [2.05, 4.69) is 0 Å². The van der Waals surface area contributed by atoms with Crippen molar-refractivity contribution in [2.45, 2.75) is 0 Å². The Balaban J connectivity index is 0. The van der Waals surface area contributed by atoms with E-state index in [4.69, 9.17) is 0 Å². The van der Waals surface area contributed by atoms with Gasteiger partial charge in [0, 0.05) is 0 Å². The van der Waals surface area contributed by atoms with E-state index in [1.807, 2.05) is 0 Å². The van der Waals surface area contributed by atoms with Crippen molar-refractivity contribution < 1.29 is 4.70 Å². The van der Waals surface area contributed by atoms with Crippen LogP contribution in [-0.4, -0.2) is 71.8 Å². The molecule has 0 bridgehead atoms. The fraction of sp³-hybridized carbons (Fsp3) is 0. The van der Waals surface area contributed by atoms with Crippen molar-refractivity contribution in [2.24, 2.45) is 0 Å². The van der Waals surface area contributed by atoms with Crippen LogP contribution in [0.25, 0.3) is 0 Å². The third-order valence-electron chi connectivity index (χ3n) is 0. The van der Waals surface area contributed by atoms with Crippen molar-refractivity contribution in [1.29, 1.82) is 0 Å². The molecule has 0 aromatic heterocycles. The zero-order valence-corrected chi connectivity index (χ0v) is 0.408. The SMILES string of the molecule is F.[CaH2].[MgH2].[SiH4]. The first-order chi connectivity index (χ1) is 0. The van der Waals surface area contributed by atoms with E-state index in [1.165, 1.54) is 0 Å². The summed E-state index contributed by atoms with van der Waals surface area (Å²) in [4.78, 5) is 0. The fourth-order valence-corrected chi connectivity index (χ4v) is 0. The molecular formula is H9CaFMgSi. The minimum Gasteiger partial charge on any atom is -0.0149 e. The van der Waals surface area contributed by atoms with Gasteiger partial charge >= 0.3 is 60.8 Å². The average Bonchev–Trinajstić information content (AvgIpc) is 0. The molecule has 0 saturated carbocycles. The fourth-order valence-electron chi connectivity index (χ4n) is 0. The molecule has 4 heavy (non-hydrogen) atoms. The van der Waals surface area contributed by atoms with E-state index < -0.39 is 0 Å². The van der Waals surface area contributed by atoms with Gasteiger partial charge in [-0.2, -0.15) is 0 Å². The van der Waals surface area contributed by atoms with Crippen LogP contribution in [0.3, 0.4) is 0 Å². The van der Waals surface area contributed by atoms with Gasteiger partial charge in [-0.05, 0) is 11.0 Å².